The molecule has 0 atom stereocenters. The highest BCUT2D eigenvalue weighted by atomic mass is 79.9. The van der Waals surface area contributed by atoms with Gasteiger partial charge in [-0.15, -0.1) is 0 Å². The van der Waals surface area contributed by atoms with Gasteiger partial charge in [-0.25, -0.2) is 4.79 Å². The Balaban J connectivity index is 1.95. The summed E-state index contributed by atoms with van der Waals surface area (Å²) in [5, 5.41) is 9.61. The van der Waals surface area contributed by atoms with Gasteiger partial charge in [0.05, 0.1) is 5.56 Å². The van der Waals surface area contributed by atoms with Crippen LogP contribution in [-0.2, 0) is 0 Å². The van der Waals surface area contributed by atoms with Gasteiger partial charge in [-0.3, -0.25) is 9.59 Å². The van der Waals surface area contributed by atoms with Crippen LogP contribution in [0.1, 0.15) is 55.4 Å². The molecule has 6 heteroatoms. The van der Waals surface area contributed by atoms with Gasteiger partial charge in [0.15, 0.2) is 11.6 Å². The van der Waals surface area contributed by atoms with Crippen molar-refractivity contribution >= 4 is 49.4 Å². The molecule has 0 amide bonds. The minimum atomic E-state index is -1.08. The third kappa shape index (κ3) is 5.52. The average molecular weight is 530 g/mol. The van der Waals surface area contributed by atoms with Crippen molar-refractivity contribution in [2.75, 3.05) is 0 Å². The molecule has 0 aliphatic heterocycles. The molecule has 0 bridgehead atoms. The number of rotatable bonds is 8. The van der Waals surface area contributed by atoms with E-state index in [-0.39, 0.29) is 30.0 Å². The fourth-order valence-corrected chi connectivity index (χ4v) is 4.15. The molecule has 0 aromatic heterocycles. The Kier molecular flexibility index (Phi) is 7.34. The zero-order valence-corrected chi connectivity index (χ0v) is 19.0. The van der Waals surface area contributed by atoms with Crippen LogP contribution in [0, 0.1) is 0 Å². The Morgan fingerprint density at radius 2 is 1.23 bits per heavy atom. The number of aromatic carboxylic acids is 1. The highest BCUT2D eigenvalue weighted by Crippen LogP contribution is 2.30. The molecule has 30 heavy (non-hydrogen) atoms. The van der Waals surface area contributed by atoms with E-state index in [1.807, 2.05) is 12.1 Å². The maximum absolute atomic E-state index is 12.9. The Morgan fingerprint density at radius 1 is 0.733 bits per heavy atom. The van der Waals surface area contributed by atoms with Crippen LogP contribution in [-0.4, -0.2) is 22.6 Å². The van der Waals surface area contributed by atoms with E-state index in [0.717, 1.165) is 8.95 Å². The van der Waals surface area contributed by atoms with Crippen molar-refractivity contribution in [2.24, 2.45) is 0 Å². The maximum Gasteiger partial charge on any atom is 0.335 e. The van der Waals surface area contributed by atoms with E-state index < -0.39 is 11.9 Å². The summed E-state index contributed by atoms with van der Waals surface area (Å²) in [7, 11) is 0. The predicted octanol–water partition coefficient (Wildman–Crippen LogP) is 6.54. The summed E-state index contributed by atoms with van der Waals surface area (Å²) in [6.45, 7) is 0. The maximum atomic E-state index is 12.9. The third-order valence-corrected chi connectivity index (χ3v) is 5.77. The van der Waals surface area contributed by atoms with Crippen molar-refractivity contribution < 1.29 is 19.5 Å². The van der Waals surface area contributed by atoms with Crippen LogP contribution in [0.2, 0.25) is 0 Å². The average Bonchev–Trinajstić information content (AvgIpc) is 2.73. The number of hydrogen-bond acceptors (Lipinski definition) is 3. The van der Waals surface area contributed by atoms with Crippen molar-refractivity contribution in [1.82, 2.24) is 0 Å². The summed E-state index contributed by atoms with van der Waals surface area (Å²) in [6.07, 6.45) is 0.0565. The monoisotopic (exact) mass is 528 g/mol. The lowest BCUT2D eigenvalue weighted by atomic mass is 9.84. The van der Waals surface area contributed by atoms with Crippen molar-refractivity contribution in [1.29, 1.82) is 0 Å². The van der Waals surface area contributed by atoms with Gasteiger partial charge in [-0.2, -0.15) is 0 Å². The lowest BCUT2D eigenvalue weighted by Crippen LogP contribution is -2.16. The van der Waals surface area contributed by atoms with Gasteiger partial charge in [0.2, 0.25) is 0 Å². The Labute approximate surface area is 191 Å². The van der Waals surface area contributed by atoms with E-state index in [9.17, 15) is 19.5 Å². The molecule has 3 rings (SSSR count). The summed E-state index contributed by atoms with van der Waals surface area (Å²) in [4.78, 5) is 37.6. The standard InChI is InChI=1S/C24H18Br2O4/c25-18-7-3-5-15(11-18)22(27)13-17(20-9-1-2-10-21(20)24(29)30)14-23(28)16-6-4-8-19(26)12-16/h1-12,17H,13-14H2,(H,29,30). The number of halogens is 2. The smallest absolute Gasteiger partial charge is 0.335 e. The van der Waals surface area contributed by atoms with E-state index in [1.54, 1.807) is 54.6 Å². The first kappa shape index (κ1) is 22.1. The molecule has 3 aromatic carbocycles. The van der Waals surface area contributed by atoms with Crippen molar-refractivity contribution in [3.63, 3.8) is 0 Å². The number of ketones is 2. The summed E-state index contributed by atoms with van der Waals surface area (Å²) in [5.41, 5.74) is 1.61. The lowest BCUT2D eigenvalue weighted by molar-refractivity contribution is 0.0692. The SMILES string of the molecule is O=C(CC(CC(=O)c1cccc(Br)c1)c1ccccc1C(=O)O)c1cccc(Br)c1. The molecule has 0 unspecified atom stereocenters. The van der Waals surface area contributed by atoms with Crippen molar-refractivity contribution in [3.05, 3.63) is 104 Å². The Bertz CT molecular complexity index is 1050. The zero-order valence-electron chi connectivity index (χ0n) is 15.8. The first-order valence-corrected chi connectivity index (χ1v) is 10.8. The molecular weight excluding hydrogens is 512 g/mol. The van der Waals surface area contributed by atoms with Gasteiger partial charge in [0.25, 0.3) is 0 Å². The van der Waals surface area contributed by atoms with Gasteiger partial charge in [-0.1, -0.05) is 74.3 Å². The number of carbonyl (C=O) groups is 3. The number of hydrogen-bond donors (Lipinski definition) is 1. The molecule has 0 aliphatic rings. The first-order valence-electron chi connectivity index (χ1n) is 9.25. The molecule has 0 fully saturated rings. The normalized spacial score (nSPS) is 10.8. The van der Waals surface area contributed by atoms with Crippen molar-refractivity contribution in [3.8, 4) is 0 Å². The quantitative estimate of drug-likeness (QED) is 0.336. The molecular formula is C24H18Br2O4. The third-order valence-electron chi connectivity index (χ3n) is 4.79. The molecule has 0 saturated heterocycles. The number of carboxylic acids is 1. The largest absolute Gasteiger partial charge is 0.478 e. The topological polar surface area (TPSA) is 71.4 Å². The second-order valence-corrected chi connectivity index (χ2v) is 8.70. The number of Topliss-reactive ketones (excluding diaryl/α,β-unsaturated/α-hetero) is 2. The van der Waals surface area contributed by atoms with Crippen LogP contribution in [0.3, 0.4) is 0 Å². The Hall–Kier alpha value is -2.57. The summed E-state index contributed by atoms with van der Waals surface area (Å²) in [5.74, 6) is -1.94. The molecule has 0 aliphatic carbocycles. The Morgan fingerprint density at radius 3 is 1.70 bits per heavy atom. The van der Waals surface area contributed by atoms with Crippen LogP contribution in [0.25, 0.3) is 0 Å². The van der Waals surface area contributed by atoms with E-state index >= 15 is 0 Å². The van der Waals surface area contributed by atoms with E-state index in [2.05, 4.69) is 31.9 Å². The number of benzene rings is 3. The second kappa shape index (κ2) is 9.96. The van der Waals surface area contributed by atoms with Crippen LogP contribution < -0.4 is 0 Å². The van der Waals surface area contributed by atoms with Gasteiger partial charge < -0.3 is 5.11 Å². The van der Waals surface area contributed by atoms with E-state index in [4.69, 9.17) is 0 Å². The summed E-state index contributed by atoms with van der Waals surface area (Å²) >= 11 is 6.72. The summed E-state index contributed by atoms with van der Waals surface area (Å²) < 4.78 is 1.56. The number of carbonyl (C=O) groups excluding carboxylic acids is 2. The molecule has 152 valence electrons. The zero-order chi connectivity index (χ0) is 21.7. The van der Waals surface area contributed by atoms with E-state index in [0.29, 0.717) is 16.7 Å². The molecule has 0 spiro atoms. The van der Waals surface area contributed by atoms with Gasteiger partial charge >= 0.3 is 5.97 Å². The molecule has 0 saturated carbocycles. The highest BCUT2D eigenvalue weighted by molar-refractivity contribution is 9.10. The fraction of sp³-hybridized carbons (Fsp3) is 0.125. The van der Waals surface area contributed by atoms with Crippen LogP contribution >= 0.6 is 31.9 Å². The van der Waals surface area contributed by atoms with Gasteiger partial charge in [0.1, 0.15) is 0 Å². The summed E-state index contributed by atoms with van der Waals surface area (Å²) in [6, 6.07) is 20.6. The molecule has 4 nitrogen and oxygen atoms in total. The molecule has 0 radical (unpaired) electrons. The molecule has 0 heterocycles. The molecule has 3 aromatic rings. The lowest BCUT2D eigenvalue weighted by Gasteiger charge is -2.18. The van der Waals surface area contributed by atoms with Gasteiger partial charge in [-0.05, 0) is 41.8 Å². The second-order valence-electron chi connectivity index (χ2n) is 6.86. The van der Waals surface area contributed by atoms with Crippen LogP contribution in [0.15, 0.2) is 81.7 Å². The van der Waals surface area contributed by atoms with Gasteiger partial charge in [0, 0.05) is 32.9 Å². The van der Waals surface area contributed by atoms with Crippen LogP contribution in [0.4, 0.5) is 0 Å². The van der Waals surface area contributed by atoms with E-state index in [1.165, 1.54) is 6.07 Å². The predicted molar refractivity (Wildman–Crippen MR) is 122 cm³/mol. The fourth-order valence-electron chi connectivity index (χ4n) is 3.35. The highest BCUT2D eigenvalue weighted by Gasteiger charge is 2.25. The minimum absolute atomic E-state index is 0.0283. The minimum Gasteiger partial charge on any atom is -0.478 e. The molecule has 1 N–H and O–H groups in total. The number of carboxylic acid groups (broad SMARTS) is 1. The first-order chi connectivity index (χ1) is 14.3. The van der Waals surface area contributed by atoms with Crippen LogP contribution in [0.5, 0.6) is 0 Å². The van der Waals surface area contributed by atoms with Crippen molar-refractivity contribution in [2.45, 2.75) is 18.8 Å².